The molecular formula is C16H11Cl2F2NO6. The van der Waals surface area contributed by atoms with Crippen LogP contribution in [-0.4, -0.2) is 24.6 Å². The van der Waals surface area contributed by atoms with Gasteiger partial charge in [0.05, 0.1) is 39.3 Å². The van der Waals surface area contributed by atoms with Gasteiger partial charge < -0.3 is 14.2 Å². The van der Waals surface area contributed by atoms with Gasteiger partial charge in [-0.2, -0.15) is 8.78 Å². The molecule has 0 unspecified atom stereocenters. The third kappa shape index (κ3) is 4.95. The molecule has 0 N–H and O–H groups in total. The van der Waals surface area contributed by atoms with Crippen molar-refractivity contribution in [3.63, 3.8) is 0 Å². The van der Waals surface area contributed by atoms with Crippen molar-refractivity contribution in [3.8, 4) is 11.5 Å². The van der Waals surface area contributed by atoms with Crippen molar-refractivity contribution in [2.24, 2.45) is 0 Å². The van der Waals surface area contributed by atoms with E-state index in [1.54, 1.807) is 0 Å². The molecule has 0 bridgehead atoms. The molecule has 0 aliphatic heterocycles. The lowest BCUT2D eigenvalue weighted by atomic mass is 10.1. The summed E-state index contributed by atoms with van der Waals surface area (Å²) in [6, 6.07) is 6.15. The highest BCUT2D eigenvalue weighted by atomic mass is 35.5. The number of nitro benzene ring substituents is 1. The molecule has 2 aromatic carbocycles. The number of carbonyl (C=O) groups excluding carboxylic acids is 1. The number of nitrogens with zero attached hydrogens (tertiary/aromatic N) is 1. The van der Waals surface area contributed by atoms with E-state index in [2.05, 4.69) is 4.74 Å². The lowest BCUT2D eigenvalue weighted by Gasteiger charge is -2.12. The highest BCUT2D eigenvalue weighted by Gasteiger charge is 2.23. The summed E-state index contributed by atoms with van der Waals surface area (Å²) in [6.07, 6.45) is 0. The molecule has 0 atom stereocenters. The van der Waals surface area contributed by atoms with Gasteiger partial charge in [-0.1, -0.05) is 29.3 Å². The zero-order chi connectivity index (χ0) is 20.1. The van der Waals surface area contributed by atoms with Gasteiger partial charge in [0.1, 0.15) is 6.61 Å². The van der Waals surface area contributed by atoms with Crippen LogP contribution >= 0.6 is 23.2 Å². The molecule has 0 radical (unpaired) electrons. The second-order valence-corrected chi connectivity index (χ2v) is 5.73. The normalized spacial score (nSPS) is 10.6. The van der Waals surface area contributed by atoms with Crippen LogP contribution < -0.4 is 9.47 Å². The highest BCUT2D eigenvalue weighted by Crippen LogP contribution is 2.36. The molecular weight excluding hydrogens is 411 g/mol. The van der Waals surface area contributed by atoms with Crippen LogP contribution in [0.1, 0.15) is 15.9 Å². The van der Waals surface area contributed by atoms with E-state index in [-0.39, 0.29) is 26.9 Å². The van der Waals surface area contributed by atoms with Gasteiger partial charge >= 0.3 is 12.6 Å². The number of alkyl halides is 2. The monoisotopic (exact) mass is 421 g/mol. The van der Waals surface area contributed by atoms with Crippen molar-refractivity contribution in [2.45, 2.75) is 13.2 Å². The third-order valence-electron chi connectivity index (χ3n) is 3.31. The molecule has 144 valence electrons. The minimum absolute atomic E-state index is 0.0306. The van der Waals surface area contributed by atoms with Crippen LogP contribution in [0.15, 0.2) is 30.3 Å². The molecule has 2 aromatic rings. The van der Waals surface area contributed by atoms with Gasteiger partial charge in [0.15, 0.2) is 11.5 Å². The predicted octanol–water partition coefficient (Wildman–Crippen LogP) is 4.87. The third-order valence-corrected chi connectivity index (χ3v) is 4.13. The number of methoxy groups -OCH3 is 1. The topological polar surface area (TPSA) is 87.9 Å². The summed E-state index contributed by atoms with van der Waals surface area (Å²) >= 11 is 11.7. The Kier molecular flexibility index (Phi) is 6.75. The molecule has 27 heavy (non-hydrogen) atoms. The number of rotatable bonds is 7. The van der Waals surface area contributed by atoms with Gasteiger partial charge in [-0.3, -0.25) is 10.1 Å². The minimum atomic E-state index is -3.20. The second kappa shape index (κ2) is 8.83. The molecule has 2 rings (SSSR count). The zero-order valence-corrected chi connectivity index (χ0v) is 15.1. The lowest BCUT2D eigenvalue weighted by Crippen LogP contribution is -2.09. The summed E-state index contributed by atoms with van der Waals surface area (Å²) in [5, 5.41) is 11.3. The molecule has 0 amide bonds. The van der Waals surface area contributed by atoms with Crippen LogP contribution in [-0.2, 0) is 11.3 Å². The molecule has 7 nitrogen and oxygen atoms in total. The number of ether oxygens (including phenoxy) is 3. The smallest absolute Gasteiger partial charge is 0.387 e. The van der Waals surface area contributed by atoms with Crippen LogP contribution in [0.5, 0.6) is 11.5 Å². The van der Waals surface area contributed by atoms with Crippen molar-refractivity contribution in [3.05, 3.63) is 61.6 Å². The number of halogens is 4. The fourth-order valence-corrected chi connectivity index (χ4v) is 2.48. The van der Waals surface area contributed by atoms with E-state index in [1.807, 2.05) is 0 Å². The van der Waals surface area contributed by atoms with Crippen molar-refractivity contribution in [1.82, 2.24) is 0 Å². The van der Waals surface area contributed by atoms with E-state index >= 15 is 0 Å². The van der Waals surface area contributed by atoms with Crippen LogP contribution in [0.4, 0.5) is 14.5 Å². The van der Waals surface area contributed by atoms with Gasteiger partial charge in [0.25, 0.3) is 5.69 Å². The molecule has 0 fully saturated rings. The van der Waals surface area contributed by atoms with Crippen LogP contribution in [0.25, 0.3) is 0 Å². The van der Waals surface area contributed by atoms with E-state index in [0.29, 0.717) is 0 Å². The van der Waals surface area contributed by atoms with Crippen molar-refractivity contribution in [1.29, 1.82) is 0 Å². The highest BCUT2D eigenvalue weighted by molar-refractivity contribution is 6.43. The van der Waals surface area contributed by atoms with E-state index in [1.165, 1.54) is 25.3 Å². The zero-order valence-electron chi connectivity index (χ0n) is 13.6. The number of hydrogen-bond acceptors (Lipinski definition) is 6. The maximum absolute atomic E-state index is 12.4. The van der Waals surface area contributed by atoms with Crippen LogP contribution in [0.2, 0.25) is 10.0 Å². The number of hydrogen-bond donors (Lipinski definition) is 0. The Morgan fingerprint density at radius 3 is 2.56 bits per heavy atom. The van der Waals surface area contributed by atoms with Crippen LogP contribution in [0, 0.1) is 10.1 Å². The summed E-state index contributed by atoms with van der Waals surface area (Å²) in [5.41, 5.74) is -0.710. The van der Waals surface area contributed by atoms with Crippen molar-refractivity contribution >= 4 is 34.9 Å². The SMILES string of the molecule is COc1cc(COC(=O)c2cccc(Cl)c2Cl)c([N+](=O)[O-])cc1OC(F)F. The molecule has 0 saturated heterocycles. The first-order valence-corrected chi connectivity index (χ1v) is 7.91. The predicted molar refractivity (Wildman–Crippen MR) is 91.9 cm³/mol. The van der Waals surface area contributed by atoms with E-state index < -0.39 is 35.5 Å². The van der Waals surface area contributed by atoms with Crippen molar-refractivity contribution in [2.75, 3.05) is 7.11 Å². The molecule has 0 spiro atoms. The Hall–Kier alpha value is -2.65. The summed E-state index contributed by atoms with van der Waals surface area (Å²) in [4.78, 5) is 22.5. The van der Waals surface area contributed by atoms with Gasteiger partial charge in [-0.05, 0) is 18.2 Å². The molecule has 0 aromatic heterocycles. The van der Waals surface area contributed by atoms with Crippen LogP contribution in [0.3, 0.4) is 0 Å². The van der Waals surface area contributed by atoms with E-state index in [4.69, 9.17) is 32.7 Å². The summed E-state index contributed by atoms with van der Waals surface area (Å²) in [6.45, 7) is -3.74. The Balaban J connectivity index is 2.30. The maximum atomic E-state index is 12.4. The van der Waals surface area contributed by atoms with Gasteiger partial charge in [-0.25, -0.2) is 4.79 Å². The Morgan fingerprint density at radius 1 is 1.26 bits per heavy atom. The first-order chi connectivity index (χ1) is 12.7. The van der Waals surface area contributed by atoms with Gasteiger partial charge in [-0.15, -0.1) is 0 Å². The average Bonchev–Trinajstić information content (AvgIpc) is 2.61. The fourth-order valence-electron chi connectivity index (χ4n) is 2.11. The Bertz CT molecular complexity index is 878. The Morgan fingerprint density at radius 2 is 1.96 bits per heavy atom. The molecule has 0 aliphatic rings. The van der Waals surface area contributed by atoms with Crippen molar-refractivity contribution < 1.29 is 32.7 Å². The molecule has 0 heterocycles. The fraction of sp³-hybridized carbons (Fsp3) is 0.188. The number of esters is 1. The maximum Gasteiger partial charge on any atom is 0.387 e. The second-order valence-electron chi connectivity index (χ2n) is 4.94. The van der Waals surface area contributed by atoms with E-state index in [0.717, 1.165) is 12.1 Å². The van der Waals surface area contributed by atoms with Gasteiger partial charge in [0, 0.05) is 0 Å². The standard InChI is InChI=1S/C16H11Cl2F2NO6/c1-25-12-5-8(11(21(23)24)6-13(12)27-16(19)20)7-26-15(22)9-3-2-4-10(17)14(9)18/h2-6,16H,7H2,1H3. The molecule has 0 aliphatic carbocycles. The first-order valence-electron chi connectivity index (χ1n) is 7.15. The average molecular weight is 422 g/mol. The summed E-state index contributed by atoms with van der Waals surface area (Å²) < 4.78 is 39.0. The largest absolute Gasteiger partial charge is 0.493 e. The molecule has 11 heteroatoms. The van der Waals surface area contributed by atoms with E-state index in [9.17, 15) is 23.7 Å². The number of carbonyl (C=O) groups is 1. The first kappa shape index (κ1) is 20.7. The number of benzene rings is 2. The van der Waals surface area contributed by atoms with Gasteiger partial charge in [0.2, 0.25) is 0 Å². The summed E-state index contributed by atoms with van der Waals surface area (Å²) in [7, 11) is 1.17. The minimum Gasteiger partial charge on any atom is -0.493 e. The Labute approximate surface area is 161 Å². The number of nitro groups is 1. The lowest BCUT2D eigenvalue weighted by molar-refractivity contribution is -0.386. The molecule has 0 saturated carbocycles. The summed E-state index contributed by atoms with van der Waals surface area (Å²) in [5.74, 6) is -1.58. The quantitative estimate of drug-likeness (QED) is 0.360.